The molecule has 0 radical (unpaired) electrons. The molecule has 0 aromatic heterocycles. The van der Waals surface area contributed by atoms with Gasteiger partial charge in [0.1, 0.15) is 0 Å². The number of rotatable bonds is 10. The van der Waals surface area contributed by atoms with Crippen molar-refractivity contribution >= 4 is 24.2 Å². The second-order valence-corrected chi connectivity index (χ2v) is 6.25. The number of amides is 2. The van der Waals surface area contributed by atoms with Crippen molar-refractivity contribution in [2.75, 3.05) is 42.7 Å². The number of carbonyl (C=O) groups excluding carboxylic acids is 2. The number of benzene rings is 2. The van der Waals surface area contributed by atoms with E-state index in [-0.39, 0.29) is 0 Å². The average molecular weight is 474 g/mol. The van der Waals surface area contributed by atoms with Gasteiger partial charge in [0, 0.05) is 11.1 Å². The van der Waals surface area contributed by atoms with Gasteiger partial charge >= 0.3 is 11.8 Å². The molecular formula is C22H26N4O8. The van der Waals surface area contributed by atoms with Crippen LogP contribution in [0.4, 0.5) is 0 Å². The van der Waals surface area contributed by atoms with E-state index in [9.17, 15) is 9.59 Å². The van der Waals surface area contributed by atoms with Crippen LogP contribution in [0.2, 0.25) is 0 Å². The molecule has 2 rings (SSSR count). The molecule has 2 aromatic carbocycles. The van der Waals surface area contributed by atoms with E-state index in [1.165, 1.54) is 55.1 Å². The average Bonchev–Trinajstić information content (AvgIpc) is 2.87. The summed E-state index contributed by atoms with van der Waals surface area (Å²) < 4.78 is 31.6. The summed E-state index contributed by atoms with van der Waals surface area (Å²) in [5.41, 5.74) is 5.19. The number of carbonyl (C=O) groups is 2. The number of hydrogen-bond acceptors (Lipinski definition) is 10. The third-order valence-corrected chi connectivity index (χ3v) is 4.41. The Hall–Kier alpha value is -4.48. The Balaban J connectivity index is 2.05. The van der Waals surface area contributed by atoms with Crippen LogP contribution in [0.25, 0.3) is 0 Å². The summed E-state index contributed by atoms with van der Waals surface area (Å²) in [5.74, 6) is 0.262. The quantitative estimate of drug-likeness (QED) is 0.299. The van der Waals surface area contributed by atoms with Gasteiger partial charge in [0.2, 0.25) is 11.5 Å². The van der Waals surface area contributed by atoms with Gasteiger partial charge < -0.3 is 28.4 Å². The molecule has 2 N–H and O–H groups in total. The highest BCUT2D eigenvalue weighted by atomic mass is 16.5. The maximum atomic E-state index is 12.0. The summed E-state index contributed by atoms with van der Waals surface area (Å²) in [6.07, 6.45) is 2.59. The number of hydrogen-bond donors (Lipinski definition) is 2. The molecule has 0 saturated carbocycles. The lowest BCUT2D eigenvalue weighted by Crippen LogP contribution is -2.35. The molecule has 0 atom stereocenters. The summed E-state index contributed by atoms with van der Waals surface area (Å²) in [7, 11) is 8.82. The fourth-order valence-corrected chi connectivity index (χ4v) is 2.87. The predicted octanol–water partition coefficient (Wildman–Crippen LogP) is 1.34. The van der Waals surface area contributed by atoms with Crippen LogP contribution in [-0.4, -0.2) is 66.9 Å². The standard InChI is InChI=1S/C22H26N4O8/c1-29-15-9-7-13(17(31-3)19(15)33-5)11-23-25-21(27)22(28)26-24-12-14-8-10-16(30-2)20(34-6)18(14)32-4/h7-12H,1-6H3,(H,25,27)(H,26,28)/b23-11+,24-12+. The lowest BCUT2D eigenvalue weighted by molar-refractivity contribution is -0.139. The largest absolute Gasteiger partial charge is 0.493 e. The number of hydrazone groups is 2. The van der Waals surface area contributed by atoms with E-state index < -0.39 is 11.8 Å². The minimum absolute atomic E-state index is 0.345. The molecule has 0 fully saturated rings. The topological polar surface area (TPSA) is 138 Å². The third kappa shape index (κ3) is 5.85. The normalized spacial score (nSPS) is 10.6. The third-order valence-electron chi connectivity index (χ3n) is 4.41. The second-order valence-electron chi connectivity index (χ2n) is 6.25. The zero-order valence-electron chi connectivity index (χ0n) is 19.6. The van der Waals surface area contributed by atoms with Gasteiger partial charge in [-0.05, 0) is 24.3 Å². The van der Waals surface area contributed by atoms with E-state index in [0.717, 1.165) is 0 Å². The Morgan fingerprint density at radius 2 is 0.941 bits per heavy atom. The van der Waals surface area contributed by atoms with Crippen LogP contribution in [0.5, 0.6) is 34.5 Å². The Kier molecular flexibility index (Phi) is 9.50. The summed E-state index contributed by atoms with van der Waals surface area (Å²) >= 11 is 0. The van der Waals surface area contributed by atoms with Crippen LogP contribution in [0.3, 0.4) is 0 Å². The monoisotopic (exact) mass is 474 g/mol. The first-order valence-electron chi connectivity index (χ1n) is 9.69. The summed E-state index contributed by atoms with van der Waals surface area (Å²) in [6, 6.07) is 6.59. The lowest BCUT2D eigenvalue weighted by atomic mass is 10.2. The van der Waals surface area contributed by atoms with Crippen molar-refractivity contribution in [2.45, 2.75) is 0 Å². The highest BCUT2D eigenvalue weighted by Crippen LogP contribution is 2.39. The second kappa shape index (κ2) is 12.5. The number of ether oxygens (including phenoxy) is 6. The van der Waals surface area contributed by atoms with E-state index in [1.54, 1.807) is 24.3 Å². The maximum Gasteiger partial charge on any atom is 0.331 e. The van der Waals surface area contributed by atoms with Crippen LogP contribution in [0, 0.1) is 0 Å². The van der Waals surface area contributed by atoms with E-state index in [4.69, 9.17) is 28.4 Å². The van der Waals surface area contributed by atoms with Gasteiger partial charge in [-0.1, -0.05) is 0 Å². The first kappa shape index (κ1) is 25.8. The molecule has 12 heteroatoms. The first-order valence-corrected chi connectivity index (χ1v) is 9.69. The Morgan fingerprint density at radius 3 is 1.24 bits per heavy atom. The smallest absolute Gasteiger partial charge is 0.331 e. The Labute approximate surface area is 196 Å². The molecular weight excluding hydrogens is 448 g/mol. The zero-order chi connectivity index (χ0) is 25.1. The van der Waals surface area contributed by atoms with Crippen LogP contribution in [0.1, 0.15) is 11.1 Å². The minimum atomic E-state index is -1.04. The number of nitrogens with zero attached hydrogens (tertiary/aromatic N) is 2. The molecule has 0 aliphatic heterocycles. The minimum Gasteiger partial charge on any atom is -0.493 e. The van der Waals surface area contributed by atoms with Crippen molar-refractivity contribution in [3.05, 3.63) is 35.4 Å². The fraction of sp³-hybridized carbons (Fsp3) is 0.273. The molecule has 0 aliphatic rings. The number of methoxy groups -OCH3 is 6. The van der Waals surface area contributed by atoms with Crippen LogP contribution >= 0.6 is 0 Å². The number of nitrogens with one attached hydrogen (secondary N) is 2. The molecule has 12 nitrogen and oxygen atoms in total. The van der Waals surface area contributed by atoms with Gasteiger partial charge in [-0.25, -0.2) is 10.9 Å². The van der Waals surface area contributed by atoms with Gasteiger partial charge in [0.25, 0.3) is 0 Å². The molecule has 0 heterocycles. The molecule has 0 unspecified atom stereocenters. The first-order chi connectivity index (χ1) is 16.4. The molecule has 0 aliphatic carbocycles. The van der Waals surface area contributed by atoms with Crippen LogP contribution in [-0.2, 0) is 9.59 Å². The van der Waals surface area contributed by atoms with Crippen molar-refractivity contribution in [1.82, 2.24) is 10.9 Å². The summed E-state index contributed by atoms with van der Waals surface area (Å²) in [4.78, 5) is 24.0. The van der Waals surface area contributed by atoms with Gasteiger partial charge in [-0.2, -0.15) is 10.2 Å². The van der Waals surface area contributed by atoms with Gasteiger partial charge in [0.05, 0.1) is 55.1 Å². The SMILES string of the molecule is COc1ccc(/C=N/NC(=O)C(=O)N/N=C/c2ccc(OC)c(OC)c2OC)c(OC)c1OC. The Morgan fingerprint density at radius 1 is 0.588 bits per heavy atom. The van der Waals surface area contributed by atoms with Crippen molar-refractivity contribution in [1.29, 1.82) is 0 Å². The van der Waals surface area contributed by atoms with Gasteiger partial charge in [0.15, 0.2) is 23.0 Å². The van der Waals surface area contributed by atoms with Gasteiger partial charge in [-0.3, -0.25) is 9.59 Å². The Bertz CT molecular complexity index is 1000. The molecule has 0 spiro atoms. The van der Waals surface area contributed by atoms with E-state index in [2.05, 4.69) is 21.1 Å². The van der Waals surface area contributed by atoms with Crippen molar-refractivity contribution < 1.29 is 38.0 Å². The maximum absolute atomic E-state index is 12.0. The molecule has 0 bridgehead atoms. The van der Waals surface area contributed by atoms with Gasteiger partial charge in [-0.15, -0.1) is 0 Å². The molecule has 0 saturated heterocycles. The lowest BCUT2D eigenvalue weighted by Gasteiger charge is -2.13. The highest BCUT2D eigenvalue weighted by Gasteiger charge is 2.17. The van der Waals surface area contributed by atoms with E-state index in [0.29, 0.717) is 45.6 Å². The van der Waals surface area contributed by atoms with E-state index in [1.807, 2.05) is 0 Å². The van der Waals surface area contributed by atoms with Crippen LogP contribution < -0.4 is 39.3 Å². The fourth-order valence-electron chi connectivity index (χ4n) is 2.87. The molecule has 182 valence electrons. The summed E-state index contributed by atoms with van der Waals surface area (Å²) in [6.45, 7) is 0. The predicted molar refractivity (Wildman–Crippen MR) is 124 cm³/mol. The van der Waals surface area contributed by atoms with E-state index >= 15 is 0 Å². The van der Waals surface area contributed by atoms with Crippen LogP contribution in [0.15, 0.2) is 34.5 Å². The van der Waals surface area contributed by atoms with Crippen molar-refractivity contribution in [3.63, 3.8) is 0 Å². The molecule has 2 amide bonds. The summed E-state index contributed by atoms with van der Waals surface area (Å²) in [5, 5.41) is 7.55. The molecule has 34 heavy (non-hydrogen) atoms. The highest BCUT2D eigenvalue weighted by molar-refractivity contribution is 6.35. The molecule has 2 aromatic rings. The van der Waals surface area contributed by atoms with Crippen molar-refractivity contribution in [3.8, 4) is 34.5 Å². The van der Waals surface area contributed by atoms with Crippen molar-refractivity contribution in [2.24, 2.45) is 10.2 Å². The zero-order valence-corrected chi connectivity index (χ0v) is 19.6.